The number of nitrogens with zero attached hydrogens (tertiary/aromatic N) is 6. The van der Waals surface area contributed by atoms with Gasteiger partial charge in [-0.2, -0.15) is 5.10 Å². The van der Waals surface area contributed by atoms with E-state index in [1.54, 1.807) is 19.9 Å². The van der Waals surface area contributed by atoms with Gasteiger partial charge in [0.1, 0.15) is 0 Å². The van der Waals surface area contributed by atoms with E-state index in [0.717, 1.165) is 24.6 Å². The molecule has 1 aliphatic heterocycles. The molecule has 0 saturated heterocycles. The number of amidine groups is 1. The number of rotatable bonds is 7. The first-order chi connectivity index (χ1) is 18.5. The normalized spacial score (nSPS) is 14.1. The Balaban J connectivity index is 0.00000105. The molecule has 2 aromatic carbocycles. The fourth-order valence-corrected chi connectivity index (χ4v) is 4.89. The third-order valence-electron chi connectivity index (χ3n) is 4.71. The summed E-state index contributed by atoms with van der Waals surface area (Å²) in [6.07, 6.45) is 1.48. The zero-order chi connectivity index (χ0) is 28.6. The van der Waals surface area contributed by atoms with E-state index in [2.05, 4.69) is 29.4 Å². The van der Waals surface area contributed by atoms with Crippen molar-refractivity contribution in [3.8, 4) is 0 Å². The third kappa shape index (κ3) is 9.14. The van der Waals surface area contributed by atoms with E-state index in [4.69, 9.17) is 27.9 Å². The summed E-state index contributed by atoms with van der Waals surface area (Å²) in [7, 11) is -3.85. The summed E-state index contributed by atoms with van der Waals surface area (Å²) in [5.74, 6) is -0.667. The topological polar surface area (TPSA) is 173 Å². The molecular weight excluding hydrogens is 768 g/mol. The quantitative estimate of drug-likeness (QED) is 0.133. The van der Waals surface area contributed by atoms with Crippen molar-refractivity contribution < 1.29 is 18.3 Å². The van der Waals surface area contributed by atoms with Crippen LogP contribution in [0.25, 0.3) is 0 Å². The van der Waals surface area contributed by atoms with Gasteiger partial charge in [-0.15, -0.1) is 13.9 Å². The monoisotopic (exact) mass is 791 g/mol. The Kier molecular flexibility index (Phi) is 12.3. The maximum Gasteiger partial charge on any atom is 0.300 e. The molecule has 0 unspecified atom stereocenters. The average molecular weight is 791 g/mol. The molecule has 0 aliphatic carbocycles. The molecule has 0 fully saturated rings. The van der Waals surface area contributed by atoms with Crippen LogP contribution in [0.2, 0.25) is 0 Å². The van der Waals surface area contributed by atoms with Gasteiger partial charge in [0.15, 0.2) is 5.84 Å². The Morgan fingerprint density at radius 1 is 1.10 bits per heavy atom. The van der Waals surface area contributed by atoms with Crippen molar-refractivity contribution in [3.05, 3.63) is 82.4 Å². The zero-order valence-corrected chi connectivity index (χ0v) is 27.8. The fraction of sp³-hybridized carbons (Fsp3) is 0.125. The van der Waals surface area contributed by atoms with Crippen LogP contribution in [-0.4, -0.2) is 68.3 Å². The molecule has 0 spiro atoms. The smallest absolute Gasteiger partial charge is 0.300 e. The van der Waals surface area contributed by atoms with E-state index in [0.29, 0.717) is 26.9 Å². The molecule has 1 aromatic heterocycles. The first kappa shape index (κ1) is 32.9. The van der Waals surface area contributed by atoms with Gasteiger partial charge in [-0.05, 0) is 56.3 Å². The Bertz CT molecular complexity index is 1560. The number of hydrogen-bond donors (Lipinski definition) is 3. The number of hydrogen-bond acceptors (Lipinski definition) is 11. The average Bonchev–Trinajstić information content (AvgIpc) is 3.18. The molecule has 12 nitrogen and oxygen atoms in total. The SMILES string of the molecule is CC(=O)O.CC1=NN(c2ccccc2)C(=N)/C1=C(/[S-])SN=Nc1ccc(S(=O)(=O)Nc2nccc(C)n2)cc1.[Pb]. The number of aliphatic carboxylic acids is 1. The Morgan fingerprint density at radius 3 is 2.33 bits per heavy atom. The standard InChI is InChI=1S/C22H20N8O2S3.C2H4O2.Pb/c1-14-12-13-24-22(25-14)28-35(31,32)18-10-8-16(9-11-18)26-29-34-21(33)19-15(2)27-30(20(19)23)17-6-4-3-5-7-17;1-2(3)4;/h3-13,23,33H,1-2H3,(H,24,25,28);1H3,(H,3,4);/p-1/b21-19-,23-20?,29-26?;;. The number of aryl methyl sites for hydroxylation is 1. The van der Waals surface area contributed by atoms with Crippen LogP contribution in [-0.2, 0) is 27.4 Å². The van der Waals surface area contributed by atoms with Crippen LogP contribution in [0.5, 0.6) is 0 Å². The minimum Gasteiger partial charge on any atom is -0.770 e. The molecule has 0 amide bonds. The van der Waals surface area contributed by atoms with Gasteiger partial charge in [0.05, 0.1) is 22.0 Å². The summed E-state index contributed by atoms with van der Waals surface area (Å²) in [5, 5.41) is 25.9. The van der Waals surface area contributed by atoms with Gasteiger partial charge in [0.2, 0.25) is 5.95 Å². The Labute approximate surface area is 261 Å². The molecule has 3 N–H and O–H groups in total. The molecule has 4 radical (unpaired) electrons. The minimum absolute atomic E-state index is 0. The van der Waals surface area contributed by atoms with Crippen LogP contribution in [0.3, 0.4) is 0 Å². The fourth-order valence-electron chi connectivity index (χ4n) is 3.05. The van der Waals surface area contributed by atoms with E-state index in [-0.39, 0.29) is 44.0 Å². The second-order valence-corrected chi connectivity index (χ2v) is 10.9. The predicted molar refractivity (Wildman–Crippen MR) is 159 cm³/mol. The van der Waals surface area contributed by atoms with Crippen LogP contribution < -0.4 is 9.73 Å². The number of anilines is 2. The molecule has 0 saturated carbocycles. The van der Waals surface area contributed by atoms with Crippen molar-refractivity contribution in [1.29, 1.82) is 5.41 Å². The number of nitrogens with one attached hydrogen (secondary N) is 2. The Morgan fingerprint density at radius 2 is 1.73 bits per heavy atom. The summed E-state index contributed by atoms with van der Waals surface area (Å²) in [5.41, 5.74) is 2.97. The summed E-state index contributed by atoms with van der Waals surface area (Å²) >= 11 is 6.39. The van der Waals surface area contributed by atoms with E-state index < -0.39 is 16.0 Å². The zero-order valence-electron chi connectivity index (χ0n) is 21.4. The molecule has 206 valence electrons. The third-order valence-corrected chi connectivity index (χ3v) is 7.02. The number of benzene rings is 2. The molecule has 0 bridgehead atoms. The van der Waals surface area contributed by atoms with Crippen molar-refractivity contribution in [2.45, 2.75) is 25.7 Å². The second-order valence-electron chi connectivity index (χ2n) is 7.76. The van der Waals surface area contributed by atoms with Crippen LogP contribution in [0, 0.1) is 12.3 Å². The number of carboxylic acid groups (broad SMARTS) is 1. The van der Waals surface area contributed by atoms with E-state index >= 15 is 0 Å². The summed E-state index contributed by atoms with van der Waals surface area (Å²) in [4.78, 5) is 17.0. The molecule has 4 rings (SSSR count). The molecule has 1 aliphatic rings. The maximum absolute atomic E-state index is 12.6. The first-order valence-electron chi connectivity index (χ1n) is 11.1. The van der Waals surface area contributed by atoms with E-state index in [1.807, 2.05) is 30.3 Å². The van der Waals surface area contributed by atoms with Crippen LogP contribution in [0.4, 0.5) is 17.3 Å². The van der Waals surface area contributed by atoms with Gasteiger partial charge in [-0.25, -0.2) is 28.1 Å². The van der Waals surface area contributed by atoms with Crippen LogP contribution in [0.1, 0.15) is 19.5 Å². The molecular formula is C24H23N8O4PbS3-. The molecule has 3 aromatic rings. The van der Waals surface area contributed by atoms with E-state index in [1.165, 1.54) is 35.5 Å². The van der Waals surface area contributed by atoms with Crippen molar-refractivity contribution in [2.75, 3.05) is 9.73 Å². The first-order valence-corrected chi connectivity index (χ1v) is 13.8. The second kappa shape index (κ2) is 14.9. The summed E-state index contributed by atoms with van der Waals surface area (Å²) in [6.45, 7) is 4.61. The van der Waals surface area contributed by atoms with Crippen molar-refractivity contribution >= 4 is 96.7 Å². The summed E-state index contributed by atoms with van der Waals surface area (Å²) in [6, 6.07) is 16.9. The van der Waals surface area contributed by atoms with Gasteiger partial charge >= 0.3 is 0 Å². The molecule has 40 heavy (non-hydrogen) atoms. The van der Waals surface area contributed by atoms with Gasteiger partial charge in [0, 0.05) is 63.6 Å². The van der Waals surface area contributed by atoms with Crippen molar-refractivity contribution in [1.82, 2.24) is 9.97 Å². The predicted octanol–water partition coefficient (Wildman–Crippen LogP) is 4.66. The number of aromatic nitrogens is 2. The largest absolute Gasteiger partial charge is 0.770 e. The van der Waals surface area contributed by atoms with Gasteiger partial charge in [-0.1, -0.05) is 18.2 Å². The van der Waals surface area contributed by atoms with Crippen molar-refractivity contribution in [3.63, 3.8) is 0 Å². The van der Waals surface area contributed by atoms with Crippen molar-refractivity contribution in [2.24, 2.45) is 14.7 Å². The van der Waals surface area contributed by atoms with Crippen LogP contribution in [0.15, 0.2) is 96.3 Å². The number of para-hydroxylation sites is 1. The molecule has 16 heteroatoms. The van der Waals surface area contributed by atoms with E-state index in [9.17, 15) is 8.42 Å². The Hall–Kier alpha value is -3.29. The van der Waals surface area contributed by atoms with Gasteiger partial charge in [-0.3, -0.25) is 10.2 Å². The number of sulfonamides is 1. The summed E-state index contributed by atoms with van der Waals surface area (Å²) < 4.78 is 31.9. The molecule has 0 atom stereocenters. The minimum atomic E-state index is -3.85. The van der Waals surface area contributed by atoms with Crippen LogP contribution >= 0.6 is 11.9 Å². The number of carboxylic acids is 1. The number of hydrazone groups is 1. The van der Waals surface area contributed by atoms with Gasteiger partial charge < -0.3 is 17.7 Å². The van der Waals surface area contributed by atoms with Gasteiger partial charge in [0.25, 0.3) is 16.0 Å². The molecule has 2 heterocycles. The maximum atomic E-state index is 12.6. The number of carbonyl (C=O) groups is 1.